The van der Waals surface area contributed by atoms with E-state index >= 15 is 0 Å². The number of nitrogens with one attached hydrogen (secondary N) is 4. The summed E-state index contributed by atoms with van der Waals surface area (Å²) in [4.78, 5) is 29.3. The van der Waals surface area contributed by atoms with Gasteiger partial charge in [-0.15, -0.1) is 11.3 Å². The van der Waals surface area contributed by atoms with E-state index in [9.17, 15) is 18.0 Å². The van der Waals surface area contributed by atoms with Crippen molar-refractivity contribution in [2.24, 2.45) is 0 Å². The summed E-state index contributed by atoms with van der Waals surface area (Å²) in [6.07, 6.45) is 0. The zero-order valence-corrected chi connectivity index (χ0v) is 15.9. The van der Waals surface area contributed by atoms with Gasteiger partial charge in [-0.1, -0.05) is 18.2 Å². The minimum atomic E-state index is -3.78. The molecule has 0 radical (unpaired) electrons. The number of H-pyrrole nitrogens is 2. The first-order valence-electron chi connectivity index (χ1n) is 8.11. The molecule has 0 bridgehead atoms. The van der Waals surface area contributed by atoms with Gasteiger partial charge < -0.3 is 15.3 Å². The second-order valence-electron chi connectivity index (χ2n) is 5.88. The molecule has 0 aliphatic carbocycles. The number of aromatic amines is 2. The normalized spacial score (nSPS) is 11.4. The van der Waals surface area contributed by atoms with Gasteiger partial charge in [0.1, 0.15) is 4.21 Å². The number of carbonyl (C=O) groups excluding carboxylic acids is 1. The maximum absolute atomic E-state index is 12.7. The molecule has 0 fully saturated rings. The number of aromatic nitrogens is 2. The van der Waals surface area contributed by atoms with Crippen LogP contribution in [0.15, 0.2) is 69.0 Å². The molecule has 2 aromatic carbocycles. The van der Waals surface area contributed by atoms with Crippen molar-refractivity contribution in [1.82, 2.24) is 9.97 Å². The van der Waals surface area contributed by atoms with Crippen molar-refractivity contribution in [2.75, 3.05) is 10.0 Å². The fourth-order valence-corrected chi connectivity index (χ4v) is 4.76. The molecule has 4 aromatic rings. The lowest BCUT2D eigenvalue weighted by atomic mass is 10.1. The van der Waals surface area contributed by atoms with Gasteiger partial charge in [-0.05, 0) is 41.8 Å². The first kappa shape index (κ1) is 18.0. The van der Waals surface area contributed by atoms with E-state index in [-0.39, 0.29) is 21.1 Å². The van der Waals surface area contributed by atoms with Crippen molar-refractivity contribution in [3.63, 3.8) is 0 Å². The zero-order chi connectivity index (χ0) is 19.7. The van der Waals surface area contributed by atoms with Crippen molar-refractivity contribution in [3.05, 3.63) is 76.0 Å². The third-order valence-corrected chi connectivity index (χ3v) is 6.71. The van der Waals surface area contributed by atoms with Crippen LogP contribution in [0.2, 0.25) is 0 Å². The molecule has 2 aromatic heterocycles. The summed E-state index contributed by atoms with van der Waals surface area (Å²) in [6.45, 7) is 0. The molecular weight excluding hydrogens is 400 g/mol. The molecule has 0 unspecified atom stereocenters. The van der Waals surface area contributed by atoms with E-state index in [0.717, 1.165) is 11.3 Å². The lowest BCUT2D eigenvalue weighted by Gasteiger charge is -2.12. The minimum absolute atomic E-state index is 0.157. The highest BCUT2D eigenvalue weighted by atomic mass is 32.2. The molecule has 0 atom stereocenters. The van der Waals surface area contributed by atoms with Crippen LogP contribution < -0.4 is 15.7 Å². The van der Waals surface area contributed by atoms with Crippen LogP contribution in [-0.2, 0) is 10.0 Å². The van der Waals surface area contributed by atoms with Gasteiger partial charge in [-0.2, -0.15) is 0 Å². The SMILES string of the molecule is O=C(Nc1ccc2[nH]c(=O)[nH]c2c1)c1ccccc1NS(=O)(=O)c1cccs1. The van der Waals surface area contributed by atoms with Crippen LogP contribution in [0.4, 0.5) is 11.4 Å². The molecule has 8 nitrogen and oxygen atoms in total. The molecule has 0 aliphatic rings. The number of benzene rings is 2. The Kier molecular flexibility index (Phi) is 4.49. The highest BCUT2D eigenvalue weighted by Crippen LogP contribution is 2.24. The molecule has 1 amide bonds. The molecule has 2 heterocycles. The van der Waals surface area contributed by atoms with E-state index in [1.54, 1.807) is 41.8 Å². The fourth-order valence-electron chi connectivity index (χ4n) is 2.69. The third kappa shape index (κ3) is 3.55. The predicted molar refractivity (Wildman–Crippen MR) is 108 cm³/mol. The third-order valence-electron chi connectivity index (χ3n) is 3.95. The number of sulfonamides is 1. The Labute approximate surface area is 163 Å². The van der Waals surface area contributed by atoms with E-state index in [2.05, 4.69) is 20.0 Å². The Morgan fingerprint density at radius 3 is 2.54 bits per heavy atom. The molecule has 142 valence electrons. The highest BCUT2D eigenvalue weighted by molar-refractivity contribution is 7.94. The monoisotopic (exact) mass is 414 g/mol. The number of fused-ring (bicyclic) bond motifs is 1. The van der Waals surface area contributed by atoms with Crippen LogP contribution in [0.5, 0.6) is 0 Å². The van der Waals surface area contributed by atoms with Crippen LogP contribution >= 0.6 is 11.3 Å². The molecule has 0 aliphatic heterocycles. The molecule has 0 spiro atoms. The van der Waals surface area contributed by atoms with Crippen LogP contribution in [0.1, 0.15) is 10.4 Å². The first-order valence-corrected chi connectivity index (χ1v) is 10.5. The number of amides is 1. The number of rotatable bonds is 5. The van der Waals surface area contributed by atoms with Gasteiger partial charge in [0.25, 0.3) is 15.9 Å². The molecule has 4 N–H and O–H groups in total. The van der Waals surface area contributed by atoms with Crippen molar-refractivity contribution in [2.45, 2.75) is 4.21 Å². The Balaban J connectivity index is 1.61. The number of hydrogen-bond acceptors (Lipinski definition) is 5. The number of anilines is 2. The topological polar surface area (TPSA) is 124 Å². The maximum atomic E-state index is 12.7. The molecule has 0 saturated heterocycles. The summed E-state index contributed by atoms with van der Waals surface area (Å²) in [6, 6.07) is 14.4. The van der Waals surface area contributed by atoms with Crippen molar-refractivity contribution in [3.8, 4) is 0 Å². The zero-order valence-electron chi connectivity index (χ0n) is 14.2. The summed E-state index contributed by atoms with van der Waals surface area (Å²) in [5, 5.41) is 4.37. The van der Waals surface area contributed by atoms with Crippen LogP contribution in [0, 0.1) is 0 Å². The van der Waals surface area contributed by atoms with E-state index in [1.807, 2.05) is 0 Å². The van der Waals surface area contributed by atoms with Gasteiger partial charge in [-0.3, -0.25) is 9.52 Å². The van der Waals surface area contributed by atoms with E-state index in [0.29, 0.717) is 16.7 Å². The number of thiophene rings is 1. The van der Waals surface area contributed by atoms with Gasteiger partial charge in [0.05, 0.1) is 22.3 Å². The van der Waals surface area contributed by atoms with Crippen molar-refractivity contribution < 1.29 is 13.2 Å². The average molecular weight is 414 g/mol. The summed E-state index contributed by atoms with van der Waals surface area (Å²) in [7, 11) is -3.78. The molecule has 28 heavy (non-hydrogen) atoms. The number of para-hydroxylation sites is 1. The van der Waals surface area contributed by atoms with Gasteiger partial charge in [0.2, 0.25) is 0 Å². The average Bonchev–Trinajstić information content (AvgIpc) is 3.30. The molecule has 0 saturated carbocycles. The largest absolute Gasteiger partial charge is 0.323 e. The number of imidazole rings is 1. The van der Waals surface area contributed by atoms with E-state index in [1.165, 1.54) is 18.2 Å². The second-order valence-corrected chi connectivity index (χ2v) is 8.73. The second kappa shape index (κ2) is 6.98. The Hall–Kier alpha value is -3.37. The molecular formula is C18H14N4O4S2. The minimum Gasteiger partial charge on any atom is -0.322 e. The van der Waals surface area contributed by atoms with Gasteiger partial charge in [0, 0.05) is 5.69 Å². The quantitative estimate of drug-likeness (QED) is 0.401. The summed E-state index contributed by atoms with van der Waals surface area (Å²) >= 11 is 1.09. The van der Waals surface area contributed by atoms with Gasteiger partial charge in [-0.25, -0.2) is 13.2 Å². The standard InChI is InChI=1S/C18H14N4O4S2/c23-17(19-11-7-8-14-15(10-11)21-18(24)20-14)12-4-1-2-5-13(12)22-28(25,26)16-6-3-9-27-16/h1-10,22H,(H,19,23)(H2,20,21,24). The van der Waals surface area contributed by atoms with Crippen LogP contribution in [0.25, 0.3) is 11.0 Å². The van der Waals surface area contributed by atoms with E-state index in [4.69, 9.17) is 0 Å². The summed E-state index contributed by atoms with van der Waals surface area (Å²) in [5.41, 5.74) is 1.63. The van der Waals surface area contributed by atoms with Gasteiger partial charge in [0.15, 0.2) is 0 Å². The van der Waals surface area contributed by atoms with Gasteiger partial charge >= 0.3 is 5.69 Å². The number of hydrogen-bond donors (Lipinski definition) is 4. The predicted octanol–water partition coefficient (Wildman–Crippen LogP) is 2.97. The summed E-state index contributed by atoms with van der Waals surface area (Å²) in [5.74, 6) is -0.485. The van der Waals surface area contributed by atoms with Crippen molar-refractivity contribution in [1.29, 1.82) is 0 Å². The smallest absolute Gasteiger partial charge is 0.322 e. The van der Waals surface area contributed by atoms with Crippen molar-refractivity contribution >= 4 is 49.7 Å². The first-order chi connectivity index (χ1) is 13.4. The summed E-state index contributed by atoms with van der Waals surface area (Å²) < 4.78 is 27.6. The number of carbonyl (C=O) groups is 1. The Morgan fingerprint density at radius 2 is 1.75 bits per heavy atom. The molecule has 4 rings (SSSR count). The highest BCUT2D eigenvalue weighted by Gasteiger charge is 2.19. The van der Waals surface area contributed by atoms with Crippen LogP contribution in [0.3, 0.4) is 0 Å². The Morgan fingerprint density at radius 1 is 0.964 bits per heavy atom. The van der Waals surface area contributed by atoms with Crippen LogP contribution in [-0.4, -0.2) is 24.3 Å². The Bertz CT molecular complexity index is 1320. The molecule has 10 heteroatoms. The fraction of sp³-hybridized carbons (Fsp3) is 0. The lowest BCUT2D eigenvalue weighted by molar-refractivity contribution is 0.102. The maximum Gasteiger partial charge on any atom is 0.323 e. The van der Waals surface area contributed by atoms with E-state index < -0.39 is 15.9 Å². The lowest BCUT2D eigenvalue weighted by Crippen LogP contribution is -2.18.